The summed E-state index contributed by atoms with van der Waals surface area (Å²) in [6.45, 7) is 0.416. The monoisotopic (exact) mass is 321 g/mol. The lowest BCUT2D eigenvalue weighted by molar-refractivity contribution is 0.597. The van der Waals surface area contributed by atoms with Crippen molar-refractivity contribution in [2.75, 3.05) is 10.6 Å². The molecule has 2 aromatic carbocycles. The average Bonchev–Trinajstić information content (AvgIpc) is 2.45. The van der Waals surface area contributed by atoms with Crippen molar-refractivity contribution in [1.82, 2.24) is 0 Å². The molecule has 0 radical (unpaired) electrons. The Morgan fingerprint density at radius 2 is 1.95 bits per heavy atom. The molecule has 0 bridgehead atoms. The van der Waals surface area contributed by atoms with Crippen molar-refractivity contribution >= 4 is 39.3 Å². The second kappa shape index (κ2) is 5.05. The minimum absolute atomic E-state index is 0.194. The van der Waals surface area contributed by atoms with E-state index in [1.807, 2.05) is 6.07 Å². The Kier molecular flexibility index (Phi) is 3.35. The smallest absolute Gasteiger partial charge is 0.285 e. The molecular weight excluding hydrogens is 310 g/mol. The Labute approximate surface area is 127 Å². The fourth-order valence-corrected chi connectivity index (χ4v) is 3.40. The van der Waals surface area contributed by atoms with Crippen LogP contribution in [0.1, 0.15) is 5.56 Å². The first kappa shape index (κ1) is 13.9. The van der Waals surface area contributed by atoms with E-state index in [9.17, 15) is 8.42 Å². The molecule has 0 aromatic heterocycles. The molecular formula is C14H12ClN3O2S. The summed E-state index contributed by atoms with van der Waals surface area (Å²) < 4.78 is 27.5. The number of hydrogen-bond donors (Lipinski definition) is 1. The van der Waals surface area contributed by atoms with Crippen molar-refractivity contribution in [2.24, 2.45) is 4.40 Å². The van der Waals surface area contributed by atoms with Crippen LogP contribution in [0.15, 0.2) is 51.8 Å². The number of sulfonamides is 1. The number of benzene rings is 2. The molecule has 0 spiro atoms. The highest BCUT2D eigenvalue weighted by Gasteiger charge is 2.25. The summed E-state index contributed by atoms with van der Waals surface area (Å²) in [4.78, 5) is 1.94. The predicted molar refractivity (Wildman–Crippen MR) is 84.2 cm³/mol. The summed E-state index contributed by atoms with van der Waals surface area (Å²) >= 11 is 5.88. The number of para-hydroxylation sites is 1. The zero-order chi connectivity index (χ0) is 15.0. The maximum Gasteiger partial charge on any atom is 0.285 e. The normalized spacial score (nSPS) is 15.8. The Balaban J connectivity index is 2.01. The van der Waals surface area contributed by atoms with Gasteiger partial charge in [0.25, 0.3) is 10.0 Å². The highest BCUT2D eigenvalue weighted by molar-refractivity contribution is 7.90. The van der Waals surface area contributed by atoms with Crippen LogP contribution in [0.4, 0.5) is 11.4 Å². The van der Waals surface area contributed by atoms with Gasteiger partial charge in [-0.05, 0) is 29.8 Å². The van der Waals surface area contributed by atoms with Crippen molar-refractivity contribution in [3.63, 3.8) is 0 Å². The topological polar surface area (TPSA) is 75.8 Å². The second-order valence-electron chi connectivity index (χ2n) is 4.63. The van der Waals surface area contributed by atoms with Gasteiger partial charge in [0.15, 0.2) is 0 Å². The fraction of sp³-hybridized carbons (Fsp3) is 0.0714. The van der Waals surface area contributed by atoms with Gasteiger partial charge in [-0.15, -0.1) is 4.40 Å². The van der Waals surface area contributed by atoms with Gasteiger partial charge in [0, 0.05) is 10.7 Å². The van der Waals surface area contributed by atoms with Crippen LogP contribution >= 0.6 is 11.6 Å². The van der Waals surface area contributed by atoms with Gasteiger partial charge in [-0.3, -0.25) is 0 Å². The summed E-state index contributed by atoms with van der Waals surface area (Å²) in [5.74, 6) is 0. The van der Waals surface area contributed by atoms with E-state index in [4.69, 9.17) is 17.3 Å². The largest absolute Gasteiger partial charge is 0.398 e. The molecule has 21 heavy (non-hydrogen) atoms. The third-order valence-electron chi connectivity index (χ3n) is 3.23. The number of hydrogen-bond acceptors (Lipinski definition) is 4. The van der Waals surface area contributed by atoms with Crippen LogP contribution in [0.3, 0.4) is 0 Å². The lowest BCUT2D eigenvalue weighted by Gasteiger charge is -2.25. The van der Waals surface area contributed by atoms with Crippen molar-refractivity contribution in [1.29, 1.82) is 0 Å². The molecule has 3 rings (SSSR count). The summed E-state index contributed by atoms with van der Waals surface area (Å²) in [6.07, 6.45) is 1.31. The average molecular weight is 322 g/mol. The molecule has 1 heterocycles. The number of rotatable bonds is 2. The molecule has 0 aliphatic carbocycles. The fourth-order valence-electron chi connectivity index (χ4n) is 2.17. The van der Waals surface area contributed by atoms with Crippen LogP contribution in [0.5, 0.6) is 0 Å². The van der Waals surface area contributed by atoms with E-state index in [-0.39, 0.29) is 4.90 Å². The minimum Gasteiger partial charge on any atom is -0.398 e. The molecule has 5 nitrogen and oxygen atoms in total. The van der Waals surface area contributed by atoms with Crippen LogP contribution in [0, 0.1) is 0 Å². The number of anilines is 2. The summed E-state index contributed by atoms with van der Waals surface area (Å²) in [6, 6.07) is 12.0. The van der Waals surface area contributed by atoms with Gasteiger partial charge in [-0.1, -0.05) is 29.8 Å². The zero-order valence-corrected chi connectivity index (χ0v) is 12.5. The van der Waals surface area contributed by atoms with Gasteiger partial charge in [0.05, 0.1) is 12.2 Å². The molecule has 2 N–H and O–H groups in total. The Morgan fingerprint density at radius 1 is 1.19 bits per heavy atom. The van der Waals surface area contributed by atoms with Crippen LogP contribution in [0.25, 0.3) is 0 Å². The summed E-state index contributed by atoms with van der Waals surface area (Å²) in [5.41, 5.74) is 7.93. The van der Waals surface area contributed by atoms with Gasteiger partial charge in [0.1, 0.15) is 11.2 Å². The van der Waals surface area contributed by atoms with E-state index in [0.717, 1.165) is 5.56 Å². The zero-order valence-electron chi connectivity index (χ0n) is 10.9. The number of fused-ring (bicyclic) bond motifs is 1. The third kappa shape index (κ3) is 2.59. The van der Waals surface area contributed by atoms with Crippen molar-refractivity contribution in [2.45, 2.75) is 11.4 Å². The van der Waals surface area contributed by atoms with Gasteiger partial charge in [-0.2, -0.15) is 8.42 Å². The third-order valence-corrected chi connectivity index (χ3v) is 4.73. The van der Waals surface area contributed by atoms with E-state index in [1.165, 1.54) is 6.34 Å². The van der Waals surface area contributed by atoms with Crippen molar-refractivity contribution in [3.05, 3.63) is 53.1 Å². The molecule has 2 aromatic rings. The van der Waals surface area contributed by atoms with Crippen molar-refractivity contribution < 1.29 is 8.42 Å². The van der Waals surface area contributed by atoms with Crippen LogP contribution in [0.2, 0.25) is 5.02 Å². The molecule has 0 unspecified atom stereocenters. The maximum absolute atomic E-state index is 11.9. The van der Waals surface area contributed by atoms with E-state index in [0.29, 0.717) is 22.9 Å². The van der Waals surface area contributed by atoms with Gasteiger partial charge in [-0.25, -0.2) is 0 Å². The molecule has 0 saturated carbocycles. The van der Waals surface area contributed by atoms with Gasteiger partial charge >= 0.3 is 0 Å². The van der Waals surface area contributed by atoms with Gasteiger partial charge in [0.2, 0.25) is 0 Å². The van der Waals surface area contributed by atoms with Gasteiger partial charge < -0.3 is 10.6 Å². The summed E-state index contributed by atoms with van der Waals surface area (Å²) in [5, 5.41) is 0.562. The lowest BCUT2D eigenvalue weighted by atomic mass is 10.1. The van der Waals surface area contributed by atoms with E-state index in [1.54, 1.807) is 41.3 Å². The van der Waals surface area contributed by atoms with E-state index in [2.05, 4.69) is 4.40 Å². The number of nitrogens with zero attached hydrogens (tertiary/aromatic N) is 2. The molecule has 0 amide bonds. The molecule has 1 aliphatic heterocycles. The lowest BCUT2D eigenvalue weighted by Crippen LogP contribution is -2.27. The summed E-state index contributed by atoms with van der Waals surface area (Å²) in [7, 11) is -3.61. The molecule has 0 saturated heterocycles. The minimum atomic E-state index is -3.61. The Morgan fingerprint density at radius 3 is 2.71 bits per heavy atom. The van der Waals surface area contributed by atoms with E-state index >= 15 is 0 Å². The highest BCUT2D eigenvalue weighted by atomic mass is 35.5. The SMILES string of the molecule is Nc1cc(Cl)ccc1CN1C=NS(=O)(=O)c2ccccc21. The Hall–Kier alpha value is -2.05. The van der Waals surface area contributed by atoms with Crippen LogP contribution < -0.4 is 10.6 Å². The Bertz CT molecular complexity index is 834. The van der Waals surface area contributed by atoms with Crippen molar-refractivity contribution in [3.8, 4) is 0 Å². The van der Waals surface area contributed by atoms with Crippen LogP contribution in [-0.2, 0) is 16.6 Å². The van der Waals surface area contributed by atoms with E-state index < -0.39 is 10.0 Å². The number of nitrogens with two attached hydrogens (primary N) is 1. The molecule has 108 valence electrons. The molecule has 1 aliphatic rings. The first-order valence-corrected chi connectivity index (χ1v) is 7.99. The number of halogens is 1. The molecule has 0 fully saturated rings. The molecule has 7 heteroatoms. The first-order valence-electron chi connectivity index (χ1n) is 6.17. The molecule has 0 atom stereocenters. The van der Waals surface area contributed by atoms with Crippen LogP contribution in [-0.4, -0.2) is 14.8 Å². The maximum atomic E-state index is 11.9. The standard InChI is InChI=1S/C14H12ClN3O2S/c15-11-6-5-10(12(16)7-11)8-18-9-17-21(19,20)14-4-2-1-3-13(14)18/h1-7,9H,8,16H2. The predicted octanol–water partition coefficient (Wildman–Crippen LogP) is 2.66. The highest BCUT2D eigenvalue weighted by Crippen LogP contribution is 2.31. The second-order valence-corrected chi connectivity index (χ2v) is 6.67. The number of nitrogen functional groups attached to an aromatic ring is 1. The quantitative estimate of drug-likeness (QED) is 0.863. The first-order chi connectivity index (χ1) is 9.97.